The van der Waals surface area contributed by atoms with E-state index in [9.17, 15) is 9.59 Å². The maximum atomic E-state index is 11.5. The van der Waals surface area contributed by atoms with Crippen LogP contribution in [0.2, 0.25) is 0 Å². The molecule has 6 nitrogen and oxygen atoms in total. The van der Waals surface area contributed by atoms with E-state index in [0.29, 0.717) is 12.8 Å². The molecule has 3 aromatic rings. The zero-order valence-electron chi connectivity index (χ0n) is 20.9. The summed E-state index contributed by atoms with van der Waals surface area (Å²) in [5.74, 6) is 0.828. The number of hydrogen-bond donors (Lipinski definition) is 0. The second-order valence-electron chi connectivity index (χ2n) is 8.66. The lowest BCUT2D eigenvalue weighted by molar-refractivity contribution is -0.148. The molecule has 0 aliphatic rings. The number of esters is 2. The third kappa shape index (κ3) is 5.99. The Balaban J connectivity index is 2.12. The fourth-order valence-corrected chi connectivity index (χ4v) is 3.98. The van der Waals surface area contributed by atoms with Crippen molar-refractivity contribution in [3.05, 3.63) is 47.5 Å². The molecule has 0 amide bonds. The molecule has 0 aliphatic carbocycles. The monoisotopic (exact) mass is 466 g/mol. The Kier molecular flexibility index (Phi) is 8.37. The Morgan fingerprint density at radius 2 is 1.06 bits per heavy atom. The van der Waals surface area contributed by atoms with E-state index < -0.39 is 0 Å². The van der Waals surface area contributed by atoms with Gasteiger partial charge < -0.3 is 18.9 Å². The average molecular weight is 467 g/mol. The largest absolute Gasteiger partial charge is 0.488 e. The van der Waals surface area contributed by atoms with Crippen LogP contribution in [0, 0.1) is 13.8 Å². The second-order valence-corrected chi connectivity index (χ2v) is 8.66. The van der Waals surface area contributed by atoms with Gasteiger partial charge in [-0.2, -0.15) is 0 Å². The molecule has 3 rings (SSSR count). The van der Waals surface area contributed by atoms with E-state index in [1.54, 1.807) is 0 Å². The zero-order chi connectivity index (χ0) is 24.8. The maximum absolute atomic E-state index is 11.5. The molecule has 2 unspecified atom stereocenters. The number of carbonyl (C=O) groups is 2. The van der Waals surface area contributed by atoms with Gasteiger partial charge in [0.15, 0.2) is 0 Å². The lowest BCUT2D eigenvalue weighted by Gasteiger charge is -2.22. The van der Waals surface area contributed by atoms with Gasteiger partial charge in [-0.15, -0.1) is 0 Å². The van der Waals surface area contributed by atoms with Gasteiger partial charge in [0.2, 0.25) is 0 Å². The Morgan fingerprint density at radius 1 is 0.676 bits per heavy atom. The van der Waals surface area contributed by atoms with Gasteiger partial charge in [0, 0.05) is 35.4 Å². The molecule has 34 heavy (non-hydrogen) atoms. The van der Waals surface area contributed by atoms with Crippen LogP contribution in [0.15, 0.2) is 36.4 Å². The molecule has 182 valence electrons. The first-order valence-corrected chi connectivity index (χ1v) is 11.8. The summed E-state index contributed by atoms with van der Waals surface area (Å²) in [6.45, 7) is 11.3. The molecule has 0 heterocycles. The van der Waals surface area contributed by atoms with Crippen LogP contribution in [-0.4, -0.2) is 37.4 Å². The Bertz CT molecular complexity index is 1090. The first-order chi connectivity index (χ1) is 16.2. The molecule has 0 bridgehead atoms. The molecule has 0 saturated heterocycles. The molecule has 0 radical (unpaired) electrons. The second kappa shape index (κ2) is 11.2. The van der Waals surface area contributed by atoms with E-state index in [0.717, 1.165) is 44.2 Å². The van der Waals surface area contributed by atoms with Gasteiger partial charge in [0.05, 0.1) is 0 Å². The minimum Gasteiger partial charge on any atom is -0.488 e. The summed E-state index contributed by atoms with van der Waals surface area (Å²) in [5.41, 5.74) is 2.18. The number of rotatable bonds is 10. The first kappa shape index (κ1) is 25.3. The standard InChI is InChI=1S/C28H34O6/c1-7-21(33-19(5)29)15-31-27-23-11-9-18(4)14-26(23)28(24-12-10-17(3)13-25(24)27)32-16-22(8-2)34-20(6)30/h9-14,21-22H,7-8,15-16H2,1-6H3. The minimum absolute atomic E-state index is 0.257. The van der Waals surface area contributed by atoms with Crippen LogP contribution in [0.4, 0.5) is 0 Å². The van der Waals surface area contributed by atoms with Crippen LogP contribution in [0.3, 0.4) is 0 Å². The summed E-state index contributed by atoms with van der Waals surface area (Å²) in [7, 11) is 0. The van der Waals surface area contributed by atoms with Crippen LogP contribution < -0.4 is 9.47 Å². The third-order valence-corrected chi connectivity index (χ3v) is 5.73. The van der Waals surface area contributed by atoms with Crippen molar-refractivity contribution in [1.82, 2.24) is 0 Å². The summed E-state index contributed by atoms with van der Waals surface area (Å²) in [4.78, 5) is 22.9. The van der Waals surface area contributed by atoms with Crippen molar-refractivity contribution in [3.8, 4) is 11.5 Å². The first-order valence-electron chi connectivity index (χ1n) is 11.8. The van der Waals surface area contributed by atoms with Gasteiger partial charge in [-0.05, 0) is 38.8 Å². The van der Waals surface area contributed by atoms with Gasteiger partial charge in [0.1, 0.15) is 36.9 Å². The van der Waals surface area contributed by atoms with Crippen LogP contribution >= 0.6 is 0 Å². The average Bonchev–Trinajstić information content (AvgIpc) is 2.78. The van der Waals surface area contributed by atoms with Crippen molar-refractivity contribution in [2.45, 2.75) is 66.6 Å². The Hall–Kier alpha value is -3.28. The predicted octanol–water partition coefficient (Wildman–Crippen LogP) is 6.05. The number of fused-ring (bicyclic) bond motifs is 2. The lowest BCUT2D eigenvalue weighted by Crippen LogP contribution is -2.24. The normalized spacial score (nSPS) is 12.9. The summed E-state index contributed by atoms with van der Waals surface area (Å²) in [6.07, 6.45) is 0.651. The Labute approximate surface area is 201 Å². The number of benzene rings is 3. The Morgan fingerprint density at radius 3 is 1.38 bits per heavy atom. The molecule has 0 N–H and O–H groups in total. The summed E-state index contributed by atoms with van der Waals surface area (Å²) in [6, 6.07) is 12.3. The highest BCUT2D eigenvalue weighted by Crippen LogP contribution is 2.43. The van der Waals surface area contributed by atoms with Gasteiger partial charge in [-0.25, -0.2) is 0 Å². The molecular weight excluding hydrogens is 432 g/mol. The van der Waals surface area contributed by atoms with Crippen molar-refractivity contribution >= 4 is 33.5 Å². The topological polar surface area (TPSA) is 71.1 Å². The van der Waals surface area contributed by atoms with Crippen molar-refractivity contribution < 1.29 is 28.5 Å². The van der Waals surface area contributed by atoms with E-state index in [4.69, 9.17) is 18.9 Å². The molecule has 0 saturated carbocycles. The highest BCUT2D eigenvalue weighted by Gasteiger charge is 2.20. The summed E-state index contributed by atoms with van der Waals surface area (Å²) >= 11 is 0. The molecular formula is C28H34O6. The molecule has 6 heteroatoms. The van der Waals surface area contributed by atoms with E-state index in [1.807, 2.05) is 52.0 Å². The zero-order valence-corrected chi connectivity index (χ0v) is 20.9. The number of hydrogen-bond acceptors (Lipinski definition) is 6. The van der Waals surface area contributed by atoms with Gasteiger partial charge in [-0.3, -0.25) is 9.59 Å². The molecule has 0 fully saturated rings. The smallest absolute Gasteiger partial charge is 0.303 e. The maximum Gasteiger partial charge on any atom is 0.303 e. The molecule has 2 atom stereocenters. The van der Waals surface area contributed by atoms with E-state index >= 15 is 0 Å². The van der Waals surface area contributed by atoms with Crippen molar-refractivity contribution in [2.24, 2.45) is 0 Å². The SMILES string of the molecule is CCC(COc1c2ccc(C)cc2c(OCC(CC)OC(C)=O)c2ccc(C)cc12)OC(C)=O. The molecule has 0 aromatic heterocycles. The fraction of sp³-hybridized carbons (Fsp3) is 0.429. The van der Waals surface area contributed by atoms with Gasteiger partial charge in [0.25, 0.3) is 0 Å². The van der Waals surface area contributed by atoms with E-state index in [-0.39, 0.29) is 37.4 Å². The minimum atomic E-state index is -0.331. The van der Waals surface area contributed by atoms with Crippen molar-refractivity contribution in [1.29, 1.82) is 0 Å². The van der Waals surface area contributed by atoms with Crippen molar-refractivity contribution in [3.63, 3.8) is 0 Å². The van der Waals surface area contributed by atoms with E-state index in [1.165, 1.54) is 13.8 Å². The highest BCUT2D eigenvalue weighted by atomic mass is 16.6. The van der Waals surface area contributed by atoms with Crippen LogP contribution in [-0.2, 0) is 19.1 Å². The van der Waals surface area contributed by atoms with E-state index in [2.05, 4.69) is 12.1 Å². The fourth-order valence-electron chi connectivity index (χ4n) is 3.98. The predicted molar refractivity (Wildman–Crippen MR) is 134 cm³/mol. The van der Waals surface area contributed by atoms with Crippen LogP contribution in [0.1, 0.15) is 51.7 Å². The van der Waals surface area contributed by atoms with Crippen molar-refractivity contribution in [2.75, 3.05) is 13.2 Å². The third-order valence-electron chi connectivity index (χ3n) is 5.73. The molecule has 3 aromatic carbocycles. The quantitative estimate of drug-likeness (QED) is 0.268. The van der Waals surface area contributed by atoms with Gasteiger partial charge in [-0.1, -0.05) is 49.2 Å². The molecule has 0 spiro atoms. The summed E-state index contributed by atoms with van der Waals surface area (Å²) < 4.78 is 23.4. The summed E-state index contributed by atoms with van der Waals surface area (Å²) in [5, 5.41) is 3.67. The van der Waals surface area contributed by atoms with Crippen LogP contribution in [0.25, 0.3) is 21.5 Å². The van der Waals surface area contributed by atoms with Gasteiger partial charge >= 0.3 is 11.9 Å². The number of aryl methyl sites for hydroxylation is 2. The number of ether oxygens (including phenoxy) is 4. The number of carbonyl (C=O) groups excluding carboxylic acids is 2. The lowest BCUT2D eigenvalue weighted by atomic mass is 9.97. The molecule has 0 aliphatic heterocycles. The van der Waals surface area contributed by atoms with Crippen LogP contribution in [0.5, 0.6) is 11.5 Å². The highest BCUT2D eigenvalue weighted by molar-refractivity contribution is 6.11.